The standard InChI is InChI=1S/C29H23ClN2O4/c1-3-14-32-27(34)26-24(25(33)20-15-19(30)12-13-23(20)36-26)29(32)21-6-4-5-7-22(21)31(28(29)35)16-18-10-8-17(2)9-11-18/h4-13,15H,3,14,16H2,1-2H3. The van der Waals surface area contributed by atoms with Gasteiger partial charge in [-0.1, -0.05) is 66.6 Å². The highest BCUT2D eigenvalue weighted by molar-refractivity contribution is 6.31. The van der Waals surface area contributed by atoms with E-state index in [-0.39, 0.29) is 34.7 Å². The maximum Gasteiger partial charge on any atom is 0.291 e. The molecule has 1 atom stereocenters. The molecule has 0 fully saturated rings. The molecule has 6 nitrogen and oxygen atoms in total. The van der Waals surface area contributed by atoms with Gasteiger partial charge in [0.05, 0.1) is 23.2 Å². The molecular formula is C29H23ClN2O4. The zero-order chi connectivity index (χ0) is 25.2. The lowest BCUT2D eigenvalue weighted by molar-refractivity contribution is -0.126. The number of hydrogen-bond donors (Lipinski definition) is 0. The summed E-state index contributed by atoms with van der Waals surface area (Å²) in [7, 11) is 0. The molecule has 2 aliphatic rings. The van der Waals surface area contributed by atoms with E-state index < -0.39 is 16.9 Å². The molecule has 0 saturated heterocycles. The Bertz CT molecular complexity index is 1630. The molecular weight excluding hydrogens is 476 g/mol. The molecule has 6 rings (SSSR count). The van der Waals surface area contributed by atoms with Crippen molar-refractivity contribution in [3.63, 3.8) is 0 Å². The SMILES string of the molecule is CCCN1C(=O)c2oc3ccc(Cl)cc3c(=O)c2C12C(=O)N(Cc1ccc(C)cc1)c1ccccc12. The number of fused-ring (bicyclic) bond motifs is 5. The van der Waals surface area contributed by atoms with E-state index in [4.69, 9.17) is 16.0 Å². The fourth-order valence-electron chi connectivity index (χ4n) is 5.52. The van der Waals surface area contributed by atoms with E-state index in [1.165, 1.54) is 11.0 Å². The summed E-state index contributed by atoms with van der Waals surface area (Å²) in [6, 6.07) is 20.1. The van der Waals surface area contributed by atoms with Crippen LogP contribution in [0, 0.1) is 6.92 Å². The fourth-order valence-corrected chi connectivity index (χ4v) is 5.69. The Balaban J connectivity index is 1.65. The molecule has 0 bridgehead atoms. The molecule has 4 aromatic rings. The van der Waals surface area contributed by atoms with Gasteiger partial charge in [0.15, 0.2) is 11.0 Å². The third-order valence-corrected chi connectivity index (χ3v) is 7.34. The molecule has 0 aliphatic carbocycles. The van der Waals surface area contributed by atoms with Gasteiger partial charge in [0.1, 0.15) is 5.58 Å². The largest absolute Gasteiger partial charge is 0.450 e. The molecule has 0 saturated carbocycles. The van der Waals surface area contributed by atoms with Gasteiger partial charge < -0.3 is 14.2 Å². The number of anilines is 1. The minimum Gasteiger partial charge on any atom is -0.450 e. The third-order valence-electron chi connectivity index (χ3n) is 7.11. The van der Waals surface area contributed by atoms with Gasteiger partial charge in [-0.3, -0.25) is 14.4 Å². The molecule has 36 heavy (non-hydrogen) atoms. The minimum atomic E-state index is -1.60. The van der Waals surface area contributed by atoms with E-state index in [1.54, 1.807) is 17.0 Å². The van der Waals surface area contributed by atoms with E-state index in [2.05, 4.69) is 0 Å². The van der Waals surface area contributed by atoms with Crippen LogP contribution in [-0.2, 0) is 16.9 Å². The Morgan fingerprint density at radius 2 is 1.72 bits per heavy atom. The van der Waals surface area contributed by atoms with Crippen LogP contribution in [-0.4, -0.2) is 23.3 Å². The second-order valence-corrected chi connectivity index (χ2v) is 9.77. The van der Waals surface area contributed by atoms with Gasteiger partial charge in [-0.25, -0.2) is 0 Å². The second kappa shape index (κ2) is 8.07. The average Bonchev–Trinajstić information content (AvgIpc) is 3.26. The first-order valence-corrected chi connectivity index (χ1v) is 12.3. The number of amides is 2. The number of nitrogens with zero attached hydrogens (tertiary/aromatic N) is 2. The topological polar surface area (TPSA) is 70.8 Å². The van der Waals surface area contributed by atoms with Crippen molar-refractivity contribution < 1.29 is 14.0 Å². The lowest BCUT2D eigenvalue weighted by Crippen LogP contribution is -2.53. The van der Waals surface area contributed by atoms with Crippen molar-refractivity contribution in [2.24, 2.45) is 0 Å². The molecule has 180 valence electrons. The first-order valence-electron chi connectivity index (χ1n) is 11.9. The number of carbonyl (C=O) groups is 2. The maximum atomic E-state index is 14.5. The Hall–Kier alpha value is -3.90. The summed E-state index contributed by atoms with van der Waals surface area (Å²) in [5.74, 6) is -0.872. The average molecular weight is 499 g/mol. The smallest absolute Gasteiger partial charge is 0.291 e. The van der Waals surface area contributed by atoms with Gasteiger partial charge in [0.25, 0.3) is 11.8 Å². The van der Waals surface area contributed by atoms with Crippen LogP contribution in [0.4, 0.5) is 5.69 Å². The van der Waals surface area contributed by atoms with Crippen LogP contribution in [0.25, 0.3) is 11.0 Å². The van der Waals surface area contributed by atoms with Crippen LogP contribution in [0.15, 0.2) is 75.9 Å². The molecule has 1 aromatic heterocycles. The number of aryl methyl sites for hydroxylation is 1. The summed E-state index contributed by atoms with van der Waals surface area (Å²) in [5, 5.41) is 0.617. The van der Waals surface area contributed by atoms with Gasteiger partial charge in [-0.05, 0) is 43.2 Å². The summed E-state index contributed by atoms with van der Waals surface area (Å²) < 4.78 is 6.03. The molecule has 1 spiro atoms. The van der Waals surface area contributed by atoms with Gasteiger partial charge in [-0.2, -0.15) is 0 Å². The van der Waals surface area contributed by atoms with Crippen molar-refractivity contribution in [1.29, 1.82) is 0 Å². The predicted octanol–water partition coefficient (Wildman–Crippen LogP) is 5.41. The molecule has 2 aliphatic heterocycles. The van der Waals surface area contributed by atoms with E-state index >= 15 is 0 Å². The van der Waals surface area contributed by atoms with Crippen LogP contribution in [0.5, 0.6) is 0 Å². The van der Waals surface area contributed by atoms with Crippen LogP contribution in [0.3, 0.4) is 0 Å². The van der Waals surface area contributed by atoms with Crippen molar-refractivity contribution >= 4 is 40.1 Å². The highest BCUT2D eigenvalue weighted by Crippen LogP contribution is 2.52. The molecule has 2 amide bonds. The molecule has 7 heteroatoms. The summed E-state index contributed by atoms with van der Waals surface area (Å²) >= 11 is 6.20. The Labute approximate surface area is 212 Å². The first-order chi connectivity index (χ1) is 17.4. The normalized spacial score (nSPS) is 18.4. The molecule has 1 unspecified atom stereocenters. The highest BCUT2D eigenvalue weighted by atomic mass is 35.5. The lowest BCUT2D eigenvalue weighted by Gasteiger charge is -2.34. The number of rotatable bonds is 4. The third kappa shape index (κ3) is 2.94. The monoisotopic (exact) mass is 498 g/mol. The van der Waals surface area contributed by atoms with E-state index in [9.17, 15) is 14.4 Å². The Morgan fingerprint density at radius 3 is 2.47 bits per heavy atom. The van der Waals surface area contributed by atoms with Crippen LogP contribution < -0.4 is 10.3 Å². The molecule has 3 heterocycles. The number of para-hydroxylation sites is 1. The van der Waals surface area contributed by atoms with E-state index in [0.29, 0.717) is 29.2 Å². The number of halogens is 1. The minimum absolute atomic E-state index is 0.0690. The maximum absolute atomic E-state index is 14.5. The summed E-state index contributed by atoms with van der Waals surface area (Å²) in [6.07, 6.45) is 0.606. The number of carbonyl (C=O) groups excluding carboxylic acids is 2. The van der Waals surface area contributed by atoms with Crippen molar-refractivity contribution in [1.82, 2.24) is 4.90 Å². The van der Waals surface area contributed by atoms with Crippen molar-refractivity contribution in [2.75, 3.05) is 11.4 Å². The number of hydrogen-bond acceptors (Lipinski definition) is 4. The van der Waals surface area contributed by atoms with Crippen molar-refractivity contribution in [3.05, 3.63) is 110 Å². The fraction of sp³-hybridized carbons (Fsp3) is 0.207. The summed E-state index contributed by atoms with van der Waals surface area (Å²) in [5.41, 5.74) is 1.68. The van der Waals surface area contributed by atoms with Gasteiger partial charge in [-0.15, -0.1) is 0 Å². The molecule has 0 radical (unpaired) electrons. The van der Waals surface area contributed by atoms with Gasteiger partial charge in [0.2, 0.25) is 5.76 Å². The van der Waals surface area contributed by atoms with Crippen molar-refractivity contribution in [3.8, 4) is 0 Å². The van der Waals surface area contributed by atoms with Crippen LogP contribution in [0.2, 0.25) is 5.02 Å². The van der Waals surface area contributed by atoms with E-state index in [0.717, 1.165) is 11.1 Å². The van der Waals surface area contributed by atoms with Crippen LogP contribution >= 0.6 is 11.6 Å². The zero-order valence-corrected chi connectivity index (χ0v) is 20.6. The quantitative estimate of drug-likeness (QED) is 0.377. The van der Waals surface area contributed by atoms with Crippen LogP contribution in [0.1, 0.15) is 46.2 Å². The first kappa shape index (κ1) is 22.6. The zero-order valence-electron chi connectivity index (χ0n) is 19.9. The summed E-state index contributed by atoms with van der Waals surface area (Å²) in [6.45, 7) is 4.55. The molecule has 3 aromatic carbocycles. The van der Waals surface area contributed by atoms with Crippen molar-refractivity contribution in [2.45, 2.75) is 32.4 Å². The predicted molar refractivity (Wildman–Crippen MR) is 138 cm³/mol. The summed E-state index contributed by atoms with van der Waals surface area (Å²) in [4.78, 5) is 45.5. The van der Waals surface area contributed by atoms with E-state index in [1.807, 2.05) is 62.4 Å². The Morgan fingerprint density at radius 1 is 0.972 bits per heavy atom. The molecule has 0 N–H and O–H groups in total. The number of benzene rings is 3. The Kier molecular flexibility index (Phi) is 5.05. The highest BCUT2D eigenvalue weighted by Gasteiger charge is 2.64. The van der Waals surface area contributed by atoms with Gasteiger partial charge >= 0.3 is 0 Å². The lowest BCUT2D eigenvalue weighted by atomic mass is 9.84. The second-order valence-electron chi connectivity index (χ2n) is 9.34. The van der Waals surface area contributed by atoms with Gasteiger partial charge in [0, 0.05) is 17.1 Å².